The maximum Gasteiger partial charge on any atom is 0.192 e. The average molecular weight is 337 g/mol. The molecule has 2 N–H and O–H groups in total. The smallest absolute Gasteiger partial charge is 0.192 e. The van der Waals surface area contributed by atoms with Gasteiger partial charge in [0, 0.05) is 6.54 Å². The number of rotatable bonds is 7. The van der Waals surface area contributed by atoms with Crippen LogP contribution in [0.15, 0.2) is 53.5 Å². The quantitative estimate of drug-likeness (QED) is 0.463. The van der Waals surface area contributed by atoms with E-state index < -0.39 is 0 Å². The Hall–Kier alpha value is -3.13. The van der Waals surface area contributed by atoms with Crippen molar-refractivity contribution in [2.24, 2.45) is 4.99 Å². The van der Waals surface area contributed by atoms with Gasteiger partial charge in [-0.25, -0.2) is 4.99 Å². The van der Waals surface area contributed by atoms with Crippen LogP contribution in [0.1, 0.15) is 12.5 Å². The van der Waals surface area contributed by atoms with Crippen LogP contribution >= 0.6 is 0 Å². The van der Waals surface area contributed by atoms with E-state index in [1.54, 1.807) is 7.11 Å². The van der Waals surface area contributed by atoms with Crippen molar-refractivity contribution < 1.29 is 9.47 Å². The molecule has 5 nitrogen and oxygen atoms in total. The zero-order valence-corrected chi connectivity index (χ0v) is 14.6. The van der Waals surface area contributed by atoms with E-state index in [1.807, 2.05) is 55.5 Å². The minimum Gasteiger partial charge on any atom is -0.493 e. The molecule has 0 saturated carbocycles. The number of para-hydroxylation sites is 2. The summed E-state index contributed by atoms with van der Waals surface area (Å²) in [5.41, 5.74) is 1.07. The van der Waals surface area contributed by atoms with E-state index in [0.29, 0.717) is 30.5 Å². The summed E-state index contributed by atoms with van der Waals surface area (Å²) in [7, 11) is 1.62. The summed E-state index contributed by atoms with van der Waals surface area (Å²) in [6.07, 6.45) is 5.26. The van der Waals surface area contributed by atoms with Gasteiger partial charge in [0.05, 0.1) is 20.2 Å². The van der Waals surface area contributed by atoms with E-state index in [4.69, 9.17) is 15.9 Å². The molecule has 0 aliphatic heterocycles. The van der Waals surface area contributed by atoms with Gasteiger partial charge in [-0.3, -0.25) is 0 Å². The van der Waals surface area contributed by atoms with Crippen molar-refractivity contribution in [3.63, 3.8) is 0 Å². The molecule has 0 bridgehead atoms. The van der Waals surface area contributed by atoms with Crippen LogP contribution < -0.4 is 20.1 Å². The van der Waals surface area contributed by atoms with Crippen LogP contribution in [0.2, 0.25) is 0 Å². The van der Waals surface area contributed by atoms with Gasteiger partial charge < -0.3 is 20.1 Å². The Morgan fingerprint density at radius 3 is 2.44 bits per heavy atom. The first-order valence-electron chi connectivity index (χ1n) is 8.12. The maximum absolute atomic E-state index is 5.86. The van der Waals surface area contributed by atoms with Crippen LogP contribution in [0.5, 0.6) is 17.2 Å². The Bertz CT molecular complexity index is 733. The zero-order chi connectivity index (χ0) is 17.9. The second-order valence-corrected chi connectivity index (χ2v) is 5.15. The number of hydrogen-bond acceptors (Lipinski definition) is 3. The lowest BCUT2D eigenvalue weighted by Crippen LogP contribution is -2.37. The molecule has 5 heteroatoms. The monoisotopic (exact) mass is 337 g/mol. The molecule has 0 spiro atoms. The van der Waals surface area contributed by atoms with Crippen molar-refractivity contribution in [1.82, 2.24) is 10.6 Å². The molecule has 2 aromatic rings. The Morgan fingerprint density at radius 2 is 1.80 bits per heavy atom. The summed E-state index contributed by atoms with van der Waals surface area (Å²) in [6.45, 7) is 3.78. The lowest BCUT2D eigenvalue weighted by molar-refractivity contribution is 0.379. The van der Waals surface area contributed by atoms with Gasteiger partial charge in [-0.1, -0.05) is 30.2 Å². The largest absolute Gasteiger partial charge is 0.493 e. The van der Waals surface area contributed by atoms with Gasteiger partial charge >= 0.3 is 0 Å². The summed E-state index contributed by atoms with van der Waals surface area (Å²) >= 11 is 0. The lowest BCUT2D eigenvalue weighted by Gasteiger charge is -2.11. The fourth-order valence-corrected chi connectivity index (χ4v) is 2.14. The molecular formula is C20H23N3O2. The first-order chi connectivity index (χ1) is 12.3. The Labute approximate surface area is 149 Å². The highest BCUT2D eigenvalue weighted by molar-refractivity contribution is 5.79. The van der Waals surface area contributed by atoms with E-state index in [2.05, 4.69) is 21.5 Å². The van der Waals surface area contributed by atoms with E-state index in [9.17, 15) is 0 Å². The molecule has 0 aliphatic carbocycles. The summed E-state index contributed by atoms with van der Waals surface area (Å²) in [6, 6.07) is 15.4. The number of nitrogens with one attached hydrogen (secondary N) is 2. The van der Waals surface area contributed by atoms with Crippen molar-refractivity contribution in [2.75, 3.05) is 20.2 Å². The number of guanidine groups is 1. The molecule has 130 valence electrons. The molecule has 0 radical (unpaired) electrons. The van der Waals surface area contributed by atoms with Crippen molar-refractivity contribution in [3.8, 4) is 29.6 Å². The number of nitrogens with zero attached hydrogens (tertiary/aromatic N) is 1. The van der Waals surface area contributed by atoms with Crippen LogP contribution in [0.3, 0.4) is 0 Å². The molecule has 0 fully saturated rings. The predicted octanol–water partition coefficient (Wildman–Crippen LogP) is 3.18. The molecule has 0 aliphatic rings. The van der Waals surface area contributed by atoms with Crippen LogP contribution in [-0.2, 0) is 6.54 Å². The van der Waals surface area contributed by atoms with Crippen molar-refractivity contribution >= 4 is 5.96 Å². The molecule has 25 heavy (non-hydrogen) atoms. The Kier molecular flexibility index (Phi) is 7.20. The van der Waals surface area contributed by atoms with Crippen LogP contribution in [0, 0.1) is 12.3 Å². The Balaban J connectivity index is 2.00. The SMILES string of the molecule is C#CCNC(=NCc1ccc(Oc2ccccc2OC)cc1)NCC. The molecule has 0 heterocycles. The number of methoxy groups -OCH3 is 1. The van der Waals surface area contributed by atoms with Crippen LogP contribution in [-0.4, -0.2) is 26.2 Å². The van der Waals surface area contributed by atoms with Crippen molar-refractivity contribution in [1.29, 1.82) is 0 Å². The standard InChI is InChI=1S/C20H23N3O2/c1-4-14-22-20(21-5-2)23-15-16-10-12-17(13-11-16)25-19-9-7-6-8-18(19)24-3/h1,6-13H,5,14-15H2,2-3H3,(H2,21,22,23). The molecule has 0 amide bonds. The van der Waals surface area contributed by atoms with Gasteiger partial charge in [-0.2, -0.15) is 0 Å². The first-order valence-corrected chi connectivity index (χ1v) is 8.12. The second-order valence-electron chi connectivity index (χ2n) is 5.15. The third-order valence-electron chi connectivity index (χ3n) is 3.34. The van der Waals surface area contributed by atoms with Gasteiger partial charge in [0.25, 0.3) is 0 Å². The minimum atomic E-state index is 0.442. The molecule has 2 rings (SSSR count). The summed E-state index contributed by atoms with van der Waals surface area (Å²) in [5, 5.41) is 6.21. The average Bonchev–Trinajstić information content (AvgIpc) is 2.65. The predicted molar refractivity (Wildman–Crippen MR) is 101 cm³/mol. The molecular weight excluding hydrogens is 314 g/mol. The number of hydrogen-bond donors (Lipinski definition) is 2. The molecule has 0 saturated heterocycles. The normalized spacial score (nSPS) is 10.7. The molecule has 0 unspecified atom stereocenters. The highest BCUT2D eigenvalue weighted by atomic mass is 16.5. The van der Waals surface area contributed by atoms with Crippen molar-refractivity contribution in [3.05, 3.63) is 54.1 Å². The van der Waals surface area contributed by atoms with E-state index in [0.717, 1.165) is 17.9 Å². The van der Waals surface area contributed by atoms with Crippen LogP contribution in [0.4, 0.5) is 0 Å². The zero-order valence-electron chi connectivity index (χ0n) is 14.6. The summed E-state index contributed by atoms with van der Waals surface area (Å²) < 4.78 is 11.2. The Morgan fingerprint density at radius 1 is 1.08 bits per heavy atom. The maximum atomic E-state index is 5.86. The molecule has 2 aromatic carbocycles. The topological polar surface area (TPSA) is 54.9 Å². The summed E-state index contributed by atoms with van der Waals surface area (Å²) in [4.78, 5) is 4.50. The number of terminal acetylenes is 1. The van der Waals surface area contributed by atoms with Gasteiger partial charge in [0.1, 0.15) is 5.75 Å². The van der Waals surface area contributed by atoms with Gasteiger partial charge in [0.15, 0.2) is 17.5 Å². The highest BCUT2D eigenvalue weighted by Crippen LogP contribution is 2.30. The number of benzene rings is 2. The van der Waals surface area contributed by atoms with E-state index >= 15 is 0 Å². The highest BCUT2D eigenvalue weighted by Gasteiger charge is 2.04. The van der Waals surface area contributed by atoms with E-state index in [1.165, 1.54) is 0 Å². The van der Waals surface area contributed by atoms with Gasteiger partial charge in [-0.15, -0.1) is 6.42 Å². The van der Waals surface area contributed by atoms with Crippen molar-refractivity contribution in [2.45, 2.75) is 13.5 Å². The van der Waals surface area contributed by atoms with Crippen LogP contribution in [0.25, 0.3) is 0 Å². The van der Waals surface area contributed by atoms with Gasteiger partial charge in [-0.05, 0) is 36.8 Å². The fourth-order valence-electron chi connectivity index (χ4n) is 2.14. The van der Waals surface area contributed by atoms with E-state index in [-0.39, 0.29) is 0 Å². The number of ether oxygens (including phenoxy) is 2. The third-order valence-corrected chi connectivity index (χ3v) is 3.34. The second kappa shape index (κ2) is 9.89. The number of aliphatic imine (C=N–C) groups is 1. The third kappa shape index (κ3) is 5.78. The molecule has 0 atom stereocenters. The fraction of sp³-hybridized carbons (Fsp3) is 0.250. The first kappa shape index (κ1) is 18.2. The van der Waals surface area contributed by atoms with Gasteiger partial charge in [0.2, 0.25) is 0 Å². The lowest BCUT2D eigenvalue weighted by atomic mass is 10.2. The minimum absolute atomic E-state index is 0.442. The molecule has 0 aromatic heterocycles. The summed E-state index contributed by atoms with van der Waals surface area (Å²) in [5.74, 6) is 5.37.